The van der Waals surface area contributed by atoms with E-state index in [9.17, 15) is 9.59 Å². The van der Waals surface area contributed by atoms with E-state index in [1.54, 1.807) is 7.05 Å². The summed E-state index contributed by atoms with van der Waals surface area (Å²) < 4.78 is 6.87. The number of benzene rings is 1. The predicted octanol–water partition coefficient (Wildman–Crippen LogP) is 2.46. The number of hydrogen-bond acceptors (Lipinski definition) is 4. The van der Waals surface area contributed by atoms with Gasteiger partial charge in [-0.3, -0.25) is 18.3 Å². The van der Waals surface area contributed by atoms with Gasteiger partial charge in [0.25, 0.3) is 5.56 Å². The lowest BCUT2D eigenvalue weighted by Crippen LogP contribution is -2.39. The normalized spacial score (nSPS) is 12.0. The molecule has 8 nitrogen and oxygen atoms in total. The van der Waals surface area contributed by atoms with Crippen LogP contribution in [0.2, 0.25) is 0 Å². The molecule has 32 heavy (non-hydrogen) atoms. The third-order valence-electron chi connectivity index (χ3n) is 6.63. The molecule has 0 unspecified atom stereocenters. The van der Waals surface area contributed by atoms with Crippen molar-refractivity contribution in [3.63, 3.8) is 0 Å². The first-order chi connectivity index (χ1) is 15.3. The first-order valence-corrected chi connectivity index (χ1v) is 11.2. The van der Waals surface area contributed by atoms with E-state index in [1.807, 2.05) is 42.5 Å². The van der Waals surface area contributed by atoms with Crippen LogP contribution >= 0.6 is 0 Å². The van der Waals surface area contributed by atoms with Crippen LogP contribution in [0.25, 0.3) is 16.9 Å². The Labute approximate surface area is 187 Å². The van der Waals surface area contributed by atoms with Crippen molar-refractivity contribution in [2.24, 2.45) is 7.05 Å². The first kappa shape index (κ1) is 22.1. The van der Waals surface area contributed by atoms with Gasteiger partial charge in [-0.05, 0) is 39.4 Å². The molecule has 0 atom stereocenters. The average molecular weight is 437 g/mol. The van der Waals surface area contributed by atoms with Gasteiger partial charge < -0.3 is 9.47 Å². The molecule has 0 bridgehead atoms. The number of fused-ring (bicyclic) bond motifs is 3. The molecule has 0 spiro atoms. The van der Waals surface area contributed by atoms with Crippen LogP contribution in [0.1, 0.15) is 36.4 Å². The van der Waals surface area contributed by atoms with Crippen molar-refractivity contribution >= 4 is 16.9 Å². The monoisotopic (exact) mass is 436 g/mol. The summed E-state index contributed by atoms with van der Waals surface area (Å²) in [6, 6.07) is 7.89. The minimum atomic E-state index is -0.354. The number of imidazole rings is 2. The van der Waals surface area contributed by atoms with Crippen molar-refractivity contribution < 1.29 is 0 Å². The molecule has 0 aliphatic heterocycles. The lowest BCUT2D eigenvalue weighted by molar-refractivity contribution is 0.291. The van der Waals surface area contributed by atoms with Gasteiger partial charge in [0.15, 0.2) is 11.2 Å². The fraction of sp³-hybridized carbons (Fsp3) is 0.458. The van der Waals surface area contributed by atoms with Crippen LogP contribution in [0.3, 0.4) is 0 Å². The fourth-order valence-electron chi connectivity index (χ4n) is 4.38. The van der Waals surface area contributed by atoms with Crippen LogP contribution in [0.15, 0.2) is 33.9 Å². The second kappa shape index (κ2) is 8.43. The predicted molar refractivity (Wildman–Crippen MR) is 128 cm³/mol. The Hall–Kier alpha value is -3.13. The van der Waals surface area contributed by atoms with Crippen LogP contribution in [0, 0.1) is 20.8 Å². The third kappa shape index (κ3) is 3.48. The quantitative estimate of drug-likeness (QED) is 0.446. The summed E-state index contributed by atoms with van der Waals surface area (Å²) in [6.45, 7) is 14.3. The van der Waals surface area contributed by atoms with E-state index >= 15 is 0 Å². The smallest absolute Gasteiger partial charge is 0.313 e. The zero-order valence-electron chi connectivity index (χ0n) is 19.8. The van der Waals surface area contributed by atoms with Gasteiger partial charge in [-0.1, -0.05) is 43.7 Å². The van der Waals surface area contributed by atoms with Crippen LogP contribution in [0.4, 0.5) is 0 Å². The number of likely N-dealkylation sites (N-methyl/N-ethyl adjacent to an activating group) is 1. The Morgan fingerprint density at radius 3 is 2.22 bits per heavy atom. The molecule has 0 radical (unpaired) electrons. The van der Waals surface area contributed by atoms with Crippen molar-refractivity contribution in [3.05, 3.63) is 67.6 Å². The number of aryl methyl sites for hydroxylation is 3. The van der Waals surface area contributed by atoms with Crippen molar-refractivity contribution in [3.8, 4) is 0 Å². The highest BCUT2D eigenvalue weighted by Gasteiger charge is 2.22. The molecule has 0 amide bonds. The first-order valence-electron chi connectivity index (χ1n) is 11.2. The summed E-state index contributed by atoms with van der Waals surface area (Å²) in [6.07, 6.45) is 0. The van der Waals surface area contributed by atoms with E-state index in [1.165, 1.54) is 9.13 Å². The molecule has 8 heteroatoms. The maximum Gasteiger partial charge on any atom is 0.332 e. The number of aromatic nitrogens is 5. The van der Waals surface area contributed by atoms with Crippen LogP contribution in [0.5, 0.6) is 0 Å². The summed E-state index contributed by atoms with van der Waals surface area (Å²) in [4.78, 5) is 33.7. The Balaban J connectivity index is 1.91. The summed E-state index contributed by atoms with van der Waals surface area (Å²) >= 11 is 0. The van der Waals surface area contributed by atoms with E-state index in [0.717, 1.165) is 48.7 Å². The molecule has 4 rings (SSSR count). The van der Waals surface area contributed by atoms with E-state index in [-0.39, 0.29) is 17.8 Å². The highest BCUT2D eigenvalue weighted by molar-refractivity contribution is 5.76. The zero-order valence-corrected chi connectivity index (χ0v) is 19.8. The summed E-state index contributed by atoms with van der Waals surface area (Å²) in [5.74, 6) is 0.711. The SMILES string of the molecule is CCN(CC)CCn1c(C)c(C)n2c3c(=O)n(Cc4ccc(C)cc4)c(=O)n(C)c3nc12. The Morgan fingerprint density at radius 1 is 0.938 bits per heavy atom. The van der Waals surface area contributed by atoms with Gasteiger partial charge in [0.05, 0.1) is 6.54 Å². The van der Waals surface area contributed by atoms with Crippen LogP contribution in [-0.4, -0.2) is 47.6 Å². The second-order valence-electron chi connectivity index (χ2n) is 8.49. The Morgan fingerprint density at radius 2 is 1.59 bits per heavy atom. The van der Waals surface area contributed by atoms with Gasteiger partial charge in [-0.2, -0.15) is 4.98 Å². The Bertz CT molecular complexity index is 1400. The topological polar surface area (TPSA) is 69.5 Å². The number of hydrogen-bond donors (Lipinski definition) is 0. The second-order valence-corrected chi connectivity index (χ2v) is 8.49. The summed E-state index contributed by atoms with van der Waals surface area (Å²) in [5, 5.41) is 0. The molecule has 0 aliphatic rings. The molecular formula is C24H32N6O2. The summed E-state index contributed by atoms with van der Waals surface area (Å²) in [7, 11) is 1.69. The van der Waals surface area contributed by atoms with Gasteiger partial charge >= 0.3 is 5.69 Å². The van der Waals surface area contributed by atoms with Crippen LogP contribution in [-0.2, 0) is 20.1 Å². The van der Waals surface area contributed by atoms with Gasteiger partial charge in [0.1, 0.15) is 0 Å². The molecule has 3 heterocycles. The fourth-order valence-corrected chi connectivity index (χ4v) is 4.38. The largest absolute Gasteiger partial charge is 0.332 e. The highest BCUT2D eigenvalue weighted by Crippen LogP contribution is 2.20. The average Bonchev–Trinajstić information content (AvgIpc) is 3.28. The van der Waals surface area contributed by atoms with Crippen molar-refractivity contribution in [1.29, 1.82) is 0 Å². The van der Waals surface area contributed by atoms with Crippen molar-refractivity contribution in [1.82, 2.24) is 28.0 Å². The van der Waals surface area contributed by atoms with E-state index < -0.39 is 0 Å². The maximum atomic E-state index is 13.6. The molecule has 3 aromatic heterocycles. The van der Waals surface area contributed by atoms with Gasteiger partial charge in [-0.25, -0.2) is 4.79 Å². The standard InChI is InChI=1S/C24H32N6O2/c1-7-27(8-2)13-14-28-17(4)18(5)30-20-21(25-23(28)30)26(6)24(32)29(22(20)31)15-19-11-9-16(3)10-12-19/h9-12H,7-8,13-15H2,1-6H3. The lowest BCUT2D eigenvalue weighted by atomic mass is 10.1. The molecule has 170 valence electrons. The molecule has 0 aliphatic carbocycles. The molecule has 1 aromatic carbocycles. The highest BCUT2D eigenvalue weighted by atomic mass is 16.2. The van der Waals surface area contributed by atoms with E-state index in [2.05, 4.69) is 30.2 Å². The minimum Gasteiger partial charge on any atom is -0.313 e. The van der Waals surface area contributed by atoms with Crippen LogP contribution < -0.4 is 11.2 Å². The summed E-state index contributed by atoms with van der Waals surface area (Å²) in [5.41, 5.74) is 4.33. The maximum absolute atomic E-state index is 13.6. The molecular weight excluding hydrogens is 404 g/mol. The molecule has 0 fully saturated rings. The Kier molecular flexibility index (Phi) is 5.81. The van der Waals surface area contributed by atoms with E-state index in [4.69, 9.17) is 4.98 Å². The molecule has 0 N–H and O–H groups in total. The van der Waals surface area contributed by atoms with Gasteiger partial charge in [-0.15, -0.1) is 0 Å². The number of rotatable bonds is 7. The molecule has 0 saturated heterocycles. The third-order valence-corrected chi connectivity index (χ3v) is 6.63. The van der Waals surface area contributed by atoms with Gasteiger partial charge in [0.2, 0.25) is 5.78 Å². The zero-order chi connectivity index (χ0) is 23.2. The lowest BCUT2D eigenvalue weighted by Gasteiger charge is -2.18. The van der Waals surface area contributed by atoms with E-state index in [0.29, 0.717) is 16.9 Å². The van der Waals surface area contributed by atoms with Gasteiger partial charge in [0, 0.05) is 31.5 Å². The minimum absolute atomic E-state index is 0.232. The number of nitrogens with zero attached hydrogens (tertiary/aromatic N) is 6. The molecule has 0 saturated carbocycles. The molecule has 4 aromatic rings. The van der Waals surface area contributed by atoms with Crippen molar-refractivity contribution in [2.75, 3.05) is 19.6 Å². The van der Waals surface area contributed by atoms with Crippen molar-refractivity contribution in [2.45, 2.75) is 47.7 Å².